The molecule has 0 bridgehead atoms. The molecule has 1 aromatic rings. The number of aryl methyl sites for hydroxylation is 2. The SMILES string of the molecule is CCCC(N)CCc1ccc(F)cc1C. The molecule has 0 saturated heterocycles. The van der Waals surface area contributed by atoms with E-state index in [0.29, 0.717) is 0 Å². The number of benzene rings is 1. The van der Waals surface area contributed by atoms with Gasteiger partial charge in [-0.25, -0.2) is 4.39 Å². The fraction of sp³-hybridized carbons (Fsp3) is 0.538. The molecule has 0 saturated carbocycles. The Labute approximate surface area is 91.5 Å². The third-order valence-corrected chi connectivity index (χ3v) is 2.75. The molecule has 0 heterocycles. The van der Waals surface area contributed by atoms with Gasteiger partial charge in [-0.3, -0.25) is 0 Å². The Bertz CT molecular complexity index is 309. The highest BCUT2D eigenvalue weighted by atomic mass is 19.1. The minimum atomic E-state index is -0.158. The van der Waals surface area contributed by atoms with Gasteiger partial charge in [-0.15, -0.1) is 0 Å². The van der Waals surface area contributed by atoms with Crippen LogP contribution in [-0.2, 0) is 6.42 Å². The van der Waals surface area contributed by atoms with Crippen LogP contribution in [0.1, 0.15) is 37.3 Å². The summed E-state index contributed by atoms with van der Waals surface area (Å²) in [5.41, 5.74) is 8.18. The summed E-state index contributed by atoms with van der Waals surface area (Å²) in [5, 5.41) is 0. The molecule has 0 amide bonds. The fourth-order valence-corrected chi connectivity index (χ4v) is 1.80. The first-order chi connectivity index (χ1) is 7.13. The summed E-state index contributed by atoms with van der Waals surface area (Å²) < 4.78 is 12.8. The zero-order valence-electron chi connectivity index (χ0n) is 9.59. The molecule has 0 aliphatic carbocycles. The second-order valence-corrected chi connectivity index (χ2v) is 4.16. The van der Waals surface area contributed by atoms with Crippen LogP contribution in [0.15, 0.2) is 18.2 Å². The first kappa shape index (κ1) is 12.2. The summed E-state index contributed by atoms with van der Waals surface area (Å²) in [7, 11) is 0. The summed E-state index contributed by atoms with van der Waals surface area (Å²) in [4.78, 5) is 0. The zero-order valence-corrected chi connectivity index (χ0v) is 9.59. The predicted octanol–water partition coefficient (Wildman–Crippen LogP) is 3.19. The maximum absolute atomic E-state index is 12.8. The molecule has 2 heteroatoms. The number of halogens is 1. The van der Waals surface area contributed by atoms with Gasteiger partial charge in [0, 0.05) is 6.04 Å². The second kappa shape index (κ2) is 5.86. The van der Waals surface area contributed by atoms with E-state index in [9.17, 15) is 4.39 Å². The third-order valence-electron chi connectivity index (χ3n) is 2.75. The molecule has 1 nitrogen and oxygen atoms in total. The van der Waals surface area contributed by atoms with Gasteiger partial charge in [0.2, 0.25) is 0 Å². The van der Waals surface area contributed by atoms with Crippen molar-refractivity contribution in [3.63, 3.8) is 0 Å². The molecule has 0 spiro atoms. The molecular formula is C13H20FN. The molecule has 0 fully saturated rings. The molecule has 0 aliphatic heterocycles. The maximum atomic E-state index is 12.8. The monoisotopic (exact) mass is 209 g/mol. The van der Waals surface area contributed by atoms with Crippen LogP contribution >= 0.6 is 0 Å². The Morgan fingerprint density at radius 3 is 2.67 bits per heavy atom. The first-order valence-electron chi connectivity index (χ1n) is 5.64. The van der Waals surface area contributed by atoms with Crippen molar-refractivity contribution in [2.75, 3.05) is 0 Å². The second-order valence-electron chi connectivity index (χ2n) is 4.16. The van der Waals surface area contributed by atoms with Crippen molar-refractivity contribution in [1.29, 1.82) is 0 Å². The van der Waals surface area contributed by atoms with Gasteiger partial charge in [0.05, 0.1) is 0 Å². The van der Waals surface area contributed by atoms with Crippen molar-refractivity contribution in [2.24, 2.45) is 5.73 Å². The fourth-order valence-electron chi connectivity index (χ4n) is 1.80. The Morgan fingerprint density at radius 1 is 1.33 bits per heavy atom. The van der Waals surface area contributed by atoms with E-state index in [2.05, 4.69) is 6.92 Å². The van der Waals surface area contributed by atoms with Crippen molar-refractivity contribution in [3.05, 3.63) is 35.1 Å². The number of rotatable bonds is 5. The summed E-state index contributed by atoms with van der Waals surface area (Å²) in [5.74, 6) is -0.158. The largest absolute Gasteiger partial charge is 0.328 e. The van der Waals surface area contributed by atoms with Gasteiger partial charge in [0.25, 0.3) is 0 Å². The topological polar surface area (TPSA) is 26.0 Å². The third kappa shape index (κ3) is 4.00. The van der Waals surface area contributed by atoms with Gasteiger partial charge in [-0.05, 0) is 49.4 Å². The van der Waals surface area contributed by atoms with Crippen LogP contribution in [0, 0.1) is 12.7 Å². The summed E-state index contributed by atoms with van der Waals surface area (Å²) in [6, 6.07) is 5.25. The van der Waals surface area contributed by atoms with Crippen molar-refractivity contribution >= 4 is 0 Å². The number of hydrogen-bond donors (Lipinski definition) is 1. The van der Waals surface area contributed by atoms with Crippen LogP contribution in [0.4, 0.5) is 4.39 Å². The zero-order chi connectivity index (χ0) is 11.3. The molecule has 0 aliphatic rings. The van der Waals surface area contributed by atoms with E-state index in [1.807, 2.05) is 13.0 Å². The molecule has 0 aromatic heterocycles. The summed E-state index contributed by atoms with van der Waals surface area (Å²) >= 11 is 0. The van der Waals surface area contributed by atoms with Gasteiger partial charge in [-0.1, -0.05) is 19.4 Å². The minimum absolute atomic E-state index is 0.158. The Balaban J connectivity index is 2.50. The maximum Gasteiger partial charge on any atom is 0.123 e. The highest BCUT2D eigenvalue weighted by Crippen LogP contribution is 2.13. The number of hydrogen-bond acceptors (Lipinski definition) is 1. The molecular weight excluding hydrogens is 189 g/mol. The van der Waals surface area contributed by atoms with Gasteiger partial charge in [-0.2, -0.15) is 0 Å². The van der Waals surface area contributed by atoms with E-state index in [1.54, 1.807) is 6.07 Å². The molecule has 84 valence electrons. The van der Waals surface area contributed by atoms with E-state index in [-0.39, 0.29) is 11.9 Å². The quantitative estimate of drug-likeness (QED) is 0.791. The van der Waals surface area contributed by atoms with E-state index in [1.165, 1.54) is 11.6 Å². The Hall–Kier alpha value is -0.890. The summed E-state index contributed by atoms with van der Waals surface area (Å²) in [6.45, 7) is 4.09. The van der Waals surface area contributed by atoms with E-state index >= 15 is 0 Å². The van der Waals surface area contributed by atoms with Crippen LogP contribution in [0.5, 0.6) is 0 Å². The predicted molar refractivity (Wildman–Crippen MR) is 62.3 cm³/mol. The molecule has 1 rings (SSSR count). The van der Waals surface area contributed by atoms with E-state index < -0.39 is 0 Å². The average molecular weight is 209 g/mol. The van der Waals surface area contributed by atoms with Crippen LogP contribution in [-0.4, -0.2) is 6.04 Å². The van der Waals surface area contributed by atoms with Gasteiger partial charge in [0.15, 0.2) is 0 Å². The van der Waals surface area contributed by atoms with Gasteiger partial charge >= 0.3 is 0 Å². The van der Waals surface area contributed by atoms with Crippen molar-refractivity contribution in [1.82, 2.24) is 0 Å². The number of nitrogens with two attached hydrogens (primary N) is 1. The molecule has 0 radical (unpaired) electrons. The minimum Gasteiger partial charge on any atom is -0.328 e. The van der Waals surface area contributed by atoms with E-state index in [0.717, 1.165) is 31.2 Å². The molecule has 1 atom stereocenters. The molecule has 15 heavy (non-hydrogen) atoms. The Morgan fingerprint density at radius 2 is 2.07 bits per heavy atom. The standard InChI is InChI=1S/C13H20FN/c1-3-4-13(15)8-6-11-5-7-12(14)9-10(11)2/h5,7,9,13H,3-4,6,8,15H2,1-2H3. The van der Waals surface area contributed by atoms with Crippen LogP contribution in [0.25, 0.3) is 0 Å². The van der Waals surface area contributed by atoms with Crippen LogP contribution in [0.2, 0.25) is 0 Å². The van der Waals surface area contributed by atoms with Crippen LogP contribution < -0.4 is 5.73 Å². The lowest BCUT2D eigenvalue weighted by Crippen LogP contribution is -2.20. The van der Waals surface area contributed by atoms with Crippen molar-refractivity contribution in [3.8, 4) is 0 Å². The average Bonchev–Trinajstić information content (AvgIpc) is 2.17. The lowest BCUT2D eigenvalue weighted by Gasteiger charge is -2.11. The lowest BCUT2D eigenvalue weighted by molar-refractivity contribution is 0.559. The highest BCUT2D eigenvalue weighted by Gasteiger charge is 2.04. The first-order valence-corrected chi connectivity index (χ1v) is 5.64. The highest BCUT2D eigenvalue weighted by molar-refractivity contribution is 5.26. The van der Waals surface area contributed by atoms with Gasteiger partial charge < -0.3 is 5.73 Å². The molecule has 1 aromatic carbocycles. The van der Waals surface area contributed by atoms with Crippen LogP contribution in [0.3, 0.4) is 0 Å². The lowest BCUT2D eigenvalue weighted by atomic mass is 9.99. The van der Waals surface area contributed by atoms with Gasteiger partial charge in [0.1, 0.15) is 5.82 Å². The Kier molecular flexibility index (Phi) is 4.76. The van der Waals surface area contributed by atoms with E-state index in [4.69, 9.17) is 5.73 Å². The molecule has 1 unspecified atom stereocenters. The molecule has 2 N–H and O–H groups in total. The van der Waals surface area contributed by atoms with Crippen molar-refractivity contribution < 1.29 is 4.39 Å². The summed E-state index contributed by atoms with van der Waals surface area (Å²) in [6.07, 6.45) is 4.14. The normalized spacial score (nSPS) is 12.8. The van der Waals surface area contributed by atoms with Crippen molar-refractivity contribution in [2.45, 2.75) is 45.6 Å². The smallest absolute Gasteiger partial charge is 0.123 e.